The second kappa shape index (κ2) is 6.79. The first-order valence-corrected chi connectivity index (χ1v) is 8.06. The lowest BCUT2D eigenvalue weighted by Gasteiger charge is -2.36. The van der Waals surface area contributed by atoms with Gasteiger partial charge in [0.2, 0.25) is 0 Å². The lowest BCUT2D eigenvalue weighted by atomic mass is 9.96. The van der Waals surface area contributed by atoms with Crippen LogP contribution in [-0.4, -0.2) is 40.6 Å². The Hall–Kier alpha value is -1.07. The summed E-state index contributed by atoms with van der Waals surface area (Å²) in [7, 11) is 2.00. The number of piperidine rings is 1. The Bertz CT molecular complexity index is 469. The summed E-state index contributed by atoms with van der Waals surface area (Å²) in [5.41, 5.74) is 2.34. The Balaban J connectivity index is 2.14. The maximum Gasteiger partial charge on any atom is 0.131 e. The summed E-state index contributed by atoms with van der Waals surface area (Å²) in [5.74, 6) is 2.19. The van der Waals surface area contributed by atoms with E-state index in [1.54, 1.807) is 0 Å². The van der Waals surface area contributed by atoms with E-state index in [0.29, 0.717) is 18.4 Å². The number of aliphatic hydroxyl groups excluding tert-OH is 1. The van der Waals surface area contributed by atoms with Crippen molar-refractivity contribution < 1.29 is 5.11 Å². The van der Waals surface area contributed by atoms with Gasteiger partial charge in [0.25, 0.3) is 0 Å². The average Bonchev–Trinajstić information content (AvgIpc) is 2.67. The highest BCUT2D eigenvalue weighted by atomic mass is 16.3. The number of hydrogen-bond acceptors (Lipinski definition) is 4. The Labute approximate surface area is 128 Å². The molecule has 0 aliphatic carbocycles. The molecule has 0 saturated carbocycles. The number of aromatic nitrogens is 2. The summed E-state index contributed by atoms with van der Waals surface area (Å²) in [6.45, 7) is 12.2. The average molecular weight is 294 g/mol. The molecular formula is C16H30N4O. The third-order valence-electron chi connectivity index (χ3n) is 4.39. The van der Waals surface area contributed by atoms with Crippen molar-refractivity contribution in [3.63, 3.8) is 0 Å². The van der Waals surface area contributed by atoms with Crippen molar-refractivity contribution in [1.82, 2.24) is 15.1 Å². The van der Waals surface area contributed by atoms with Crippen LogP contribution in [0.5, 0.6) is 0 Å². The first kappa shape index (κ1) is 16.3. The molecular weight excluding hydrogens is 264 g/mol. The van der Waals surface area contributed by atoms with Crippen molar-refractivity contribution in [3.8, 4) is 0 Å². The van der Waals surface area contributed by atoms with Gasteiger partial charge in [0.15, 0.2) is 0 Å². The summed E-state index contributed by atoms with van der Waals surface area (Å²) >= 11 is 0. The number of rotatable bonds is 5. The summed E-state index contributed by atoms with van der Waals surface area (Å²) in [4.78, 5) is 2.29. The molecule has 2 atom stereocenters. The van der Waals surface area contributed by atoms with Crippen LogP contribution in [-0.2, 0) is 13.6 Å². The number of hydrogen-bond donors (Lipinski definition) is 2. The highest BCUT2D eigenvalue weighted by Crippen LogP contribution is 2.28. The van der Waals surface area contributed by atoms with Crippen molar-refractivity contribution in [2.24, 2.45) is 18.9 Å². The standard InChI is InChI=1S/C16H30N4O/c1-11(2)8-17-9-14-13(4)18-19(5)16(14)20-7-6-12(3)15(21)10-20/h11-12,15,17,21H,6-10H2,1-5H3. The van der Waals surface area contributed by atoms with Crippen molar-refractivity contribution >= 4 is 5.82 Å². The fourth-order valence-electron chi connectivity index (χ4n) is 3.02. The van der Waals surface area contributed by atoms with E-state index in [-0.39, 0.29) is 6.10 Å². The van der Waals surface area contributed by atoms with Crippen LogP contribution in [0.2, 0.25) is 0 Å². The molecule has 5 nitrogen and oxygen atoms in total. The zero-order valence-electron chi connectivity index (χ0n) is 14.1. The fourth-order valence-corrected chi connectivity index (χ4v) is 3.02. The van der Waals surface area contributed by atoms with Crippen LogP contribution in [0.4, 0.5) is 5.82 Å². The topological polar surface area (TPSA) is 53.3 Å². The van der Waals surface area contributed by atoms with Gasteiger partial charge in [-0.1, -0.05) is 20.8 Å². The van der Waals surface area contributed by atoms with E-state index in [9.17, 15) is 5.11 Å². The largest absolute Gasteiger partial charge is 0.391 e. The zero-order chi connectivity index (χ0) is 15.6. The lowest BCUT2D eigenvalue weighted by Crippen LogP contribution is -2.44. The molecule has 2 N–H and O–H groups in total. The van der Waals surface area contributed by atoms with Crippen LogP contribution in [0.25, 0.3) is 0 Å². The summed E-state index contributed by atoms with van der Waals surface area (Å²) in [6.07, 6.45) is 0.787. The lowest BCUT2D eigenvalue weighted by molar-refractivity contribution is 0.102. The van der Waals surface area contributed by atoms with Gasteiger partial charge in [-0.25, -0.2) is 0 Å². The van der Waals surface area contributed by atoms with E-state index in [1.807, 2.05) is 11.7 Å². The van der Waals surface area contributed by atoms with Crippen molar-refractivity contribution in [1.29, 1.82) is 0 Å². The Kier molecular flexibility index (Phi) is 5.27. The Morgan fingerprint density at radius 1 is 1.43 bits per heavy atom. The zero-order valence-corrected chi connectivity index (χ0v) is 14.1. The van der Waals surface area contributed by atoms with Gasteiger partial charge in [-0.3, -0.25) is 4.68 Å². The van der Waals surface area contributed by atoms with Gasteiger partial charge in [0, 0.05) is 32.2 Å². The van der Waals surface area contributed by atoms with Crippen molar-refractivity contribution in [2.75, 3.05) is 24.5 Å². The predicted molar refractivity (Wildman–Crippen MR) is 86.5 cm³/mol. The first-order valence-electron chi connectivity index (χ1n) is 8.06. The van der Waals surface area contributed by atoms with E-state index in [4.69, 9.17) is 0 Å². The van der Waals surface area contributed by atoms with Crippen molar-refractivity contribution in [3.05, 3.63) is 11.3 Å². The molecule has 1 aliphatic rings. The highest BCUT2D eigenvalue weighted by molar-refractivity contribution is 5.50. The molecule has 120 valence electrons. The molecule has 2 unspecified atom stereocenters. The minimum Gasteiger partial charge on any atom is -0.391 e. The van der Waals surface area contributed by atoms with Gasteiger partial charge in [-0.2, -0.15) is 5.10 Å². The predicted octanol–water partition coefficient (Wildman–Crippen LogP) is 1.68. The summed E-state index contributed by atoms with van der Waals surface area (Å²) in [5, 5.41) is 18.3. The number of aryl methyl sites for hydroxylation is 2. The van der Waals surface area contributed by atoms with Crippen LogP contribution < -0.4 is 10.2 Å². The van der Waals surface area contributed by atoms with Gasteiger partial charge in [0.1, 0.15) is 5.82 Å². The molecule has 1 aliphatic heterocycles. The quantitative estimate of drug-likeness (QED) is 0.867. The molecule has 2 heterocycles. The number of aliphatic hydroxyl groups is 1. The number of nitrogens with zero attached hydrogens (tertiary/aromatic N) is 3. The number of nitrogens with one attached hydrogen (secondary N) is 1. The molecule has 21 heavy (non-hydrogen) atoms. The maximum absolute atomic E-state index is 10.2. The summed E-state index contributed by atoms with van der Waals surface area (Å²) < 4.78 is 1.96. The van der Waals surface area contributed by atoms with Crippen molar-refractivity contribution in [2.45, 2.75) is 46.8 Å². The first-order chi connectivity index (χ1) is 9.90. The van der Waals surface area contributed by atoms with E-state index >= 15 is 0 Å². The molecule has 1 aromatic rings. The molecule has 5 heteroatoms. The van der Waals surface area contributed by atoms with Gasteiger partial charge in [-0.05, 0) is 31.7 Å². The van der Waals surface area contributed by atoms with Gasteiger partial charge in [0.05, 0.1) is 11.8 Å². The number of anilines is 1. The Morgan fingerprint density at radius 2 is 2.14 bits per heavy atom. The second-order valence-corrected chi connectivity index (χ2v) is 6.82. The minimum absolute atomic E-state index is 0.245. The molecule has 1 saturated heterocycles. The SMILES string of the molecule is Cc1nn(C)c(N2CCC(C)C(O)C2)c1CNCC(C)C. The van der Waals surface area contributed by atoms with Gasteiger partial charge in [-0.15, -0.1) is 0 Å². The highest BCUT2D eigenvalue weighted by Gasteiger charge is 2.28. The minimum atomic E-state index is -0.245. The van der Waals surface area contributed by atoms with Crippen LogP contribution in [0.15, 0.2) is 0 Å². The van der Waals surface area contributed by atoms with E-state index in [2.05, 4.69) is 43.0 Å². The van der Waals surface area contributed by atoms with Crippen LogP contribution in [0, 0.1) is 18.8 Å². The molecule has 0 amide bonds. The molecule has 0 spiro atoms. The monoisotopic (exact) mass is 294 g/mol. The molecule has 1 fully saturated rings. The van der Waals surface area contributed by atoms with Gasteiger partial charge < -0.3 is 15.3 Å². The van der Waals surface area contributed by atoms with Gasteiger partial charge >= 0.3 is 0 Å². The van der Waals surface area contributed by atoms with E-state index in [1.165, 1.54) is 5.56 Å². The van der Waals surface area contributed by atoms with Crippen LogP contribution in [0.1, 0.15) is 38.4 Å². The third-order valence-corrected chi connectivity index (χ3v) is 4.39. The second-order valence-electron chi connectivity index (χ2n) is 6.82. The molecule has 2 rings (SSSR count). The smallest absolute Gasteiger partial charge is 0.131 e. The number of β-amino-alcohol motifs (C(OH)–C–C–N with tert-alkyl or cyclic N) is 1. The molecule has 0 aromatic carbocycles. The maximum atomic E-state index is 10.2. The van der Waals surface area contributed by atoms with E-state index < -0.39 is 0 Å². The fraction of sp³-hybridized carbons (Fsp3) is 0.812. The molecule has 0 bridgehead atoms. The van der Waals surface area contributed by atoms with Crippen LogP contribution >= 0.6 is 0 Å². The van der Waals surface area contributed by atoms with Crippen LogP contribution in [0.3, 0.4) is 0 Å². The Morgan fingerprint density at radius 3 is 2.76 bits per heavy atom. The third kappa shape index (κ3) is 3.77. The van der Waals surface area contributed by atoms with E-state index in [0.717, 1.165) is 37.6 Å². The molecule has 1 aromatic heterocycles. The molecule has 0 radical (unpaired) electrons. The summed E-state index contributed by atoms with van der Waals surface area (Å²) in [6, 6.07) is 0. The normalized spacial score (nSPS) is 23.1.